The molecule has 0 spiro atoms. The molecule has 1 fully saturated rings. The number of halogens is 4. The first-order chi connectivity index (χ1) is 4.05. The lowest BCUT2D eigenvalue weighted by Gasteiger charge is -2.12. The van der Waals surface area contributed by atoms with E-state index in [1.54, 1.807) is 0 Å². The van der Waals surface area contributed by atoms with Crippen LogP contribution in [0.5, 0.6) is 0 Å². The average molecular weight is 160 g/mol. The van der Waals surface area contributed by atoms with Crippen LogP contribution in [0.1, 0.15) is 6.42 Å². The Hall–Kier alpha value is 0.150. The average Bonchev–Trinajstić information content (AvgIpc) is 1.96. The lowest BCUT2D eigenvalue weighted by molar-refractivity contribution is 0.0153. The van der Waals surface area contributed by atoms with Gasteiger partial charge in [0, 0.05) is 6.16 Å². The van der Waals surface area contributed by atoms with E-state index in [2.05, 4.69) is 0 Å². The molecule has 5 heteroatoms. The maximum absolute atomic E-state index is 12.0. The highest BCUT2D eigenvalue weighted by molar-refractivity contribution is 7.53. The first-order valence-corrected chi connectivity index (χ1v) is 3.92. The Kier molecular flexibility index (Phi) is 1.68. The van der Waals surface area contributed by atoms with Crippen LogP contribution < -0.4 is 0 Å². The van der Waals surface area contributed by atoms with E-state index in [9.17, 15) is 17.4 Å². The molecule has 1 rings (SSSR count). The molecule has 1 aliphatic heterocycles. The van der Waals surface area contributed by atoms with Gasteiger partial charge >= 0.3 is 5.66 Å². The van der Waals surface area contributed by atoms with Gasteiger partial charge in [0.25, 0.3) is 0 Å². The summed E-state index contributed by atoms with van der Waals surface area (Å²) in [4.78, 5) is 0. The summed E-state index contributed by atoms with van der Waals surface area (Å²) in [5.41, 5.74) is -3.66. The smallest absolute Gasteiger partial charge is 0.240 e. The van der Waals surface area contributed by atoms with E-state index >= 15 is 0 Å². The van der Waals surface area contributed by atoms with E-state index in [0.29, 0.717) is 0 Å². The normalized spacial score (nSPS) is 41.3. The fourth-order valence-electron chi connectivity index (χ4n) is 0.701. The van der Waals surface area contributed by atoms with Crippen LogP contribution in [0.4, 0.5) is 17.4 Å². The summed E-state index contributed by atoms with van der Waals surface area (Å²) in [7, 11) is -2.86. The second-order valence-corrected chi connectivity index (χ2v) is 3.70. The molecule has 0 nitrogen and oxygen atoms in total. The monoisotopic (exact) mass is 160 g/mol. The fourth-order valence-corrected chi connectivity index (χ4v) is 1.89. The van der Waals surface area contributed by atoms with Crippen molar-refractivity contribution in [2.45, 2.75) is 18.3 Å². The van der Waals surface area contributed by atoms with Crippen molar-refractivity contribution in [3.63, 3.8) is 0 Å². The van der Waals surface area contributed by atoms with Gasteiger partial charge in [0.15, 0.2) is 14.4 Å². The van der Waals surface area contributed by atoms with Gasteiger partial charge in [-0.15, -0.1) is 0 Å². The van der Waals surface area contributed by atoms with Crippen molar-refractivity contribution in [1.82, 2.24) is 0 Å². The zero-order valence-corrected chi connectivity index (χ0v) is 5.35. The molecule has 1 heterocycles. The summed E-state index contributed by atoms with van der Waals surface area (Å²) in [5, 5.41) is 0. The van der Waals surface area contributed by atoms with Crippen molar-refractivity contribution in [1.29, 1.82) is 0 Å². The Labute approximate surface area is 51.1 Å². The third-order valence-corrected chi connectivity index (χ3v) is 2.86. The Morgan fingerprint density at radius 1 is 1.44 bits per heavy atom. The molecule has 0 radical (unpaired) electrons. The summed E-state index contributed by atoms with van der Waals surface area (Å²) < 4.78 is 48.0. The molecular weight excluding hydrogens is 155 g/mol. The van der Waals surface area contributed by atoms with Crippen LogP contribution in [0, 0.1) is 0 Å². The summed E-state index contributed by atoms with van der Waals surface area (Å²) in [5.74, 6) is 0. The molecule has 0 bridgehead atoms. The summed E-state index contributed by atoms with van der Waals surface area (Å²) in [6, 6.07) is 0. The molecule has 0 aromatic heterocycles. The molecule has 1 aliphatic rings. The topological polar surface area (TPSA) is 0 Å². The molecule has 0 aromatic rings. The van der Waals surface area contributed by atoms with Crippen molar-refractivity contribution in [2.24, 2.45) is 0 Å². The zero-order valence-electron chi connectivity index (χ0n) is 4.45. The van der Waals surface area contributed by atoms with Gasteiger partial charge in [0.1, 0.15) is 0 Å². The van der Waals surface area contributed by atoms with Crippen molar-refractivity contribution in [3.8, 4) is 0 Å². The first kappa shape index (κ1) is 7.26. The Balaban J connectivity index is 2.66. The minimum atomic E-state index is -3.66. The van der Waals surface area contributed by atoms with Crippen LogP contribution in [0.2, 0.25) is 0 Å². The highest BCUT2D eigenvalue weighted by Crippen LogP contribution is 2.62. The lowest BCUT2D eigenvalue weighted by Crippen LogP contribution is -2.19. The van der Waals surface area contributed by atoms with Crippen molar-refractivity contribution in [2.75, 3.05) is 6.16 Å². The van der Waals surface area contributed by atoms with Gasteiger partial charge < -0.3 is 0 Å². The predicted octanol–water partition coefficient (Wildman–Crippen LogP) is 2.69. The van der Waals surface area contributed by atoms with E-state index < -0.39 is 20.1 Å². The van der Waals surface area contributed by atoms with Crippen LogP contribution in [0.15, 0.2) is 0 Å². The van der Waals surface area contributed by atoms with E-state index in [0.717, 1.165) is 0 Å². The van der Waals surface area contributed by atoms with Crippen molar-refractivity contribution >= 4 is 8.23 Å². The number of alkyl halides is 3. The quantitative estimate of drug-likeness (QED) is 0.377. The molecule has 0 aliphatic carbocycles. The van der Waals surface area contributed by atoms with Gasteiger partial charge in [-0.05, 0) is 6.42 Å². The molecule has 54 valence electrons. The van der Waals surface area contributed by atoms with Gasteiger partial charge in [-0.25, -0.2) is 8.59 Å². The molecule has 0 saturated carbocycles. The van der Waals surface area contributed by atoms with E-state index in [1.165, 1.54) is 0 Å². The number of rotatable bonds is 0. The van der Waals surface area contributed by atoms with Gasteiger partial charge in [0.05, 0.1) is 0 Å². The van der Waals surface area contributed by atoms with Crippen LogP contribution in [0.3, 0.4) is 0 Å². The number of hydrogen-bond donors (Lipinski definition) is 0. The summed E-state index contributed by atoms with van der Waals surface area (Å²) in [6.45, 7) is 0. The summed E-state index contributed by atoms with van der Waals surface area (Å²) in [6.07, 6.45) is -2.85. The standard InChI is InChI=1S/C4H5F4P/c5-3-1-2-9(8)4(3,6)7/h3H,1-2H2. The van der Waals surface area contributed by atoms with Gasteiger partial charge in [0.2, 0.25) is 0 Å². The molecule has 0 amide bonds. The lowest BCUT2D eigenvalue weighted by atomic mass is 10.3. The highest BCUT2D eigenvalue weighted by Gasteiger charge is 2.54. The molecule has 0 N–H and O–H groups in total. The van der Waals surface area contributed by atoms with Crippen LogP contribution in [-0.4, -0.2) is 18.0 Å². The van der Waals surface area contributed by atoms with E-state index in [4.69, 9.17) is 0 Å². The second-order valence-electron chi connectivity index (χ2n) is 1.93. The van der Waals surface area contributed by atoms with E-state index in [1.807, 2.05) is 0 Å². The predicted molar refractivity (Wildman–Crippen MR) is 27.4 cm³/mol. The molecule has 2 atom stereocenters. The molecule has 1 saturated heterocycles. The number of hydrogen-bond acceptors (Lipinski definition) is 0. The van der Waals surface area contributed by atoms with E-state index in [-0.39, 0.29) is 12.6 Å². The maximum atomic E-state index is 12.0. The zero-order chi connectivity index (χ0) is 7.07. The van der Waals surface area contributed by atoms with Crippen molar-refractivity contribution < 1.29 is 17.4 Å². The maximum Gasteiger partial charge on any atom is 0.324 e. The van der Waals surface area contributed by atoms with Crippen LogP contribution in [0.25, 0.3) is 0 Å². The Bertz CT molecular complexity index is 103. The Morgan fingerprint density at radius 3 is 2.11 bits per heavy atom. The first-order valence-electron chi connectivity index (χ1n) is 2.50. The van der Waals surface area contributed by atoms with Gasteiger partial charge in [-0.1, -0.05) is 0 Å². The van der Waals surface area contributed by atoms with Gasteiger partial charge in [-0.3, -0.25) is 0 Å². The highest BCUT2D eigenvalue weighted by atomic mass is 31.2. The van der Waals surface area contributed by atoms with Crippen molar-refractivity contribution in [3.05, 3.63) is 0 Å². The molecule has 9 heavy (non-hydrogen) atoms. The van der Waals surface area contributed by atoms with Crippen LogP contribution in [-0.2, 0) is 0 Å². The third-order valence-electron chi connectivity index (χ3n) is 1.28. The minimum Gasteiger partial charge on any atom is -0.240 e. The van der Waals surface area contributed by atoms with Crippen LogP contribution >= 0.6 is 8.23 Å². The SMILES string of the molecule is FC1CCP(F)C1(F)F. The Morgan fingerprint density at radius 2 is 2.00 bits per heavy atom. The second kappa shape index (κ2) is 2.08. The van der Waals surface area contributed by atoms with Gasteiger partial charge in [-0.2, -0.15) is 8.78 Å². The minimum absolute atomic E-state index is 0.288. The molecule has 0 aromatic carbocycles. The third kappa shape index (κ3) is 1.05. The fraction of sp³-hybridized carbons (Fsp3) is 1.00. The summed E-state index contributed by atoms with van der Waals surface area (Å²) >= 11 is 0. The molecular formula is C4H5F4P. The largest absolute Gasteiger partial charge is 0.324 e. The molecule has 2 unspecified atom stereocenters.